The summed E-state index contributed by atoms with van der Waals surface area (Å²) in [4.78, 5) is 41.1. The highest BCUT2D eigenvalue weighted by Gasteiger charge is 2.49. The van der Waals surface area contributed by atoms with Crippen molar-refractivity contribution in [2.75, 3.05) is 13.6 Å². The van der Waals surface area contributed by atoms with E-state index in [2.05, 4.69) is 17.2 Å². The normalized spacial score (nSPS) is 28.1. The maximum absolute atomic E-state index is 14.8. The Morgan fingerprint density at radius 3 is 2.49 bits per heavy atom. The molecule has 7 rings (SSSR count). The van der Waals surface area contributed by atoms with Gasteiger partial charge in [-0.2, -0.15) is 0 Å². The van der Waals surface area contributed by atoms with E-state index in [1.165, 1.54) is 24.3 Å². The average molecular weight is 778 g/mol. The van der Waals surface area contributed by atoms with Gasteiger partial charge in [0.05, 0.1) is 24.5 Å². The zero-order valence-corrected chi connectivity index (χ0v) is 32.4. The number of carbonyl (C=O) groups excluding carboxylic acids is 3. The van der Waals surface area contributed by atoms with Gasteiger partial charge < -0.3 is 40.3 Å². The first-order chi connectivity index (χ1) is 27.3. The minimum absolute atomic E-state index is 0.0768. The Labute approximate surface area is 332 Å². The van der Waals surface area contributed by atoms with Crippen LogP contribution in [0.1, 0.15) is 103 Å². The predicted molar refractivity (Wildman–Crippen MR) is 210 cm³/mol. The SMILES string of the molecule is CCCC1(O)C2CCC(=O)C(Cc3cccc(c3)CC(O)C=C3CC(c4cc(O)cc(C(O)CNC)c4)C#CC4CC(=O)Oc5cc(O)c(cc54)CC1OC3=O)C2. The second kappa shape index (κ2) is 16.9. The molecule has 3 aromatic carbocycles. The molecule has 11 heteroatoms. The van der Waals surface area contributed by atoms with Gasteiger partial charge in [0.15, 0.2) is 0 Å². The monoisotopic (exact) mass is 777 g/mol. The lowest BCUT2D eigenvalue weighted by Crippen LogP contribution is -2.54. The van der Waals surface area contributed by atoms with Crippen molar-refractivity contribution >= 4 is 17.7 Å². The van der Waals surface area contributed by atoms with Crippen molar-refractivity contribution < 1.29 is 49.4 Å². The van der Waals surface area contributed by atoms with E-state index in [1.807, 2.05) is 31.2 Å². The number of phenols is 2. The fraction of sp³-hybridized carbons (Fsp3) is 0.457. The Morgan fingerprint density at radius 1 is 0.947 bits per heavy atom. The number of ether oxygens (including phenoxy) is 2. The first-order valence-electron chi connectivity index (χ1n) is 20.0. The first-order valence-corrected chi connectivity index (χ1v) is 20.0. The van der Waals surface area contributed by atoms with Crippen LogP contribution in [0, 0.1) is 23.7 Å². The van der Waals surface area contributed by atoms with E-state index in [4.69, 9.17) is 9.47 Å². The van der Waals surface area contributed by atoms with Gasteiger partial charge in [-0.1, -0.05) is 55.5 Å². The summed E-state index contributed by atoms with van der Waals surface area (Å²) >= 11 is 0. The fourth-order valence-corrected chi connectivity index (χ4v) is 9.20. The van der Waals surface area contributed by atoms with Gasteiger partial charge in [-0.05, 0) is 97.2 Å². The van der Waals surface area contributed by atoms with E-state index >= 15 is 0 Å². The van der Waals surface area contributed by atoms with Crippen LogP contribution < -0.4 is 10.1 Å². The van der Waals surface area contributed by atoms with Crippen molar-refractivity contribution in [2.45, 2.75) is 107 Å². The Kier molecular flexibility index (Phi) is 11.9. The molecule has 4 aliphatic rings. The molecular weight excluding hydrogens is 727 g/mol. The molecule has 11 nitrogen and oxygen atoms in total. The summed E-state index contributed by atoms with van der Waals surface area (Å²) in [6, 6.07) is 15.4. The number of ketones is 1. The van der Waals surface area contributed by atoms with Gasteiger partial charge in [0, 0.05) is 54.8 Å². The van der Waals surface area contributed by atoms with Gasteiger partial charge in [0.2, 0.25) is 0 Å². The van der Waals surface area contributed by atoms with Crippen LogP contribution in [0.2, 0.25) is 0 Å². The van der Waals surface area contributed by atoms with Crippen molar-refractivity contribution in [1.29, 1.82) is 0 Å². The number of Topliss-reactive ketones (excluding diaryl/α,β-unsaturated/α-hetero) is 1. The predicted octanol–water partition coefficient (Wildman–Crippen LogP) is 4.99. The summed E-state index contributed by atoms with van der Waals surface area (Å²) in [6.45, 7) is 2.14. The second-order valence-corrected chi connectivity index (χ2v) is 16.2. The molecule has 300 valence electrons. The van der Waals surface area contributed by atoms with Crippen LogP contribution in [0.5, 0.6) is 17.2 Å². The van der Waals surface area contributed by atoms with Crippen LogP contribution in [0.25, 0.3) is 0 Å². The molecule has 0 amide bonds. The summed E-state index contributed by atoms with van der Waals surface area (Å²) in [5.41, 5.74) is 2.02. The van der Waals surface area contributed by atoms with Crippen LogP contribution in [-0.4, -0.2) is 74.7 Å². The summed E-state index contributed by atoms with van der Waals surface area (Å²) in [5.74, 6) is 2.83. The number of phenolic OH excluding ortho intramolecular Hbond substituents is 2. The summed E-state index contributed by atoms with van der Waals surface area (Å²) < 4.78 is 12.0. The second-order valence-electron chi connectivity index (χ2n) is 16.2. The standard InChI is InChI=1S/C46H51NO10/c1-3-11-46(55)35-9-10-39(50)31(17-35)13-26-5-4-6-27(12-26)14-36(48)20-34-15-28(30-16-32(19-37(49)18-30)41(52)25-47-2)7-8-29-23-44(53)56-42-24-40(51)33(21-38(29)42)22-43(46)57-45(34)54/h4-6,12,16,18-21,24,28-29,31,35-36,41,43,47-49,51-52,55H,3,9-11,13-15,17,22-23,25H2,1-2H3. The van der Waals surface area contributed by atoms with Crippen LogP contribution in [0.15, 0.2) is 66.2 Å². The van der Waals surface area contributed by atoms with E-state index in [1.54, 1.807) is 19.2 Å². The topological polar surface area (TPSA) is 183 Å². The smallest absolute Gasteiger partial charge is 0.334 e. The number of rotatable bonds is 6. The van der Waals surface area contributed by atoms with Crippen molar-refractivity contribution in [2.24, 2.45) is 11.8 Å². The zero-order chi connectivity index (χ0) is 40.4. The molecule has 57 heavy (non-hydrogen) atoms. The van der Waals surface area contributed by atoms with E-state index < -0.39 is 53.6 Å². The Morgan fingerprint density at radius 2 is 1.72 bits per heavy atom. The molecule has 0 spiro atoms. The third-order valence-corrected chi connectivity index (χ3v) is 12.1. The van der Waals surface area contributed by atoms with Crippen LogP contribution in [0.4, 0.5) is 0 Å². The molecule has 8 unspecified atom stereocenters. The highest BCUT2D eigenvalue weighted by Crippen LogP contribution is 2.45. The number of nitrogens with one attached hydrogen (secondary N) is 1. The number of likely N-dealkylation sites (N-methyl/N-ethyl adjacent to an activating group) is 1. The lowest BCUT2D eigenvalue weighted by molar-refractivity contribution is -0.176. The number of fused-ring (bicyclic) bond motifs is 8. The lowest BCUT2D eigenvalue weighted by Gasteiger charge is -2.45. The van der Waals surface area contributed by atoms with Gasteiger partial charge in [0.1, 0.15) is 34.7 Å². The van der Waals surface area contributed by atoms with Gasteiger partial charge in [-0.3, -0.25) is 9.59 Å². The Balaban J connectivity index is 1.44. The Bertz CT molecular complexity index is 2130. The van der Waals surface area contributed by atoms with Gasteiger partial charge >= 0.3 is 11.9 Å². The molecule has 0 radical (unpaired) electrons. The van der Waals surface area contributed by atoms with E-state index in [-0.39, 0.29) is 79.6 Å². The van der Waals surface area contributed by atoms with Crippen molar-refractivity contribution in [1.82, 2.24) is 5.32 Å². The molecule has 3 aromatic rings. The maximum Gasteiger partial charge on any atom is 0.334 e. The van der Waals surface area contributed by atoms with Crippen molar-refractivity contribution in [3.05, 3.63) is 99.6 Å². The number of esters is 2. The first kappa shape index (κ1) is 40.2. The minimum Gasteiger partial charge on any atom is -0.508 e. The quantitative estimate of drug-likeness (QED) is 0.113. The summed E-state index contributed by atoms with van der Waals surface area (Å²) in [6.07, 6.45) is 0.283. The molecule has 8 bridgehead atoms. The number of hydrogen-bond donors (Lipinski definition) is 6. The lowest BCUT2D eigenvalue weighted by atomic mass is 9.66. The molecule has 6 N–H and O–H groups in total. The molecular formula is C46H51NO10. The molecule has 0 aromatic heterocycles. The largest absolute Gasteiger partial charge is 0.508 e. The number of aliphatic hydroxyl groups is 3. The molecule has 1 aliphatic carbocycles. The van der Waals surface area contributed by atoms with E-state index in [0.29, 0.717) is 47.9 Å². The van der Waals surface area contributed by atoms with Gasteiger partial charge in [0.25, 0.3) is 0 Å². The number of hydrogen-bond acceptors (Lipinski definition) is 11. The van der Waals surface area contributed by atoms with E-state index in [9.17, 15) is 39.9 Å². The minimum atomic E-state index is -1.62. The highest BCUT2D eigenvalue weighted by molar-refractivity contribution is 5.89. The summed E-state index contributed by atoms with van der Waals surface area (Å²) in [5, 5.41) is 60.7. The maximum atomic E-state index is 14.8. The molecule has 3 aliphatic heterocycles. The molecule has 8 atom stereocenters. The fourth-order valence-electron chi connectivity index (χ4n) is 9.20. The third-order valence-electron chi connectivity index (χ3n) is 12.1. The number of aliphatic hydroxyl groups excluding tert-OH is 2. The number of aromatic hydroxyl groups is 2. The highest BCUT2D eigenvalue weighted by atomic mass is 16.6. The van der Waals surface area contributed by atoms with Crippen LogP contribution in [-0.2, 0) is 38.4 Å². The van der Waals surface area contributed by atoms with Crippen LogP contribution >= 0.6 is 0 Å². The van der Waals surface area contributed by atoms with Crippen LogP contribution in [0.3, 0.4) is 0 Å². The van der Waals surface area contributed by atoms with E-state index in [0.717, 1.165) is 11.1 Å². The third kappa shape index (κ3) is 8.80. The molecule has 0 saturated heterocycles. The van der Waals surface area contributed by atoms with Gasteiger partial charge in [-0.15, -0.1) is 0 Å². The van der Waals surface area contributed by atoms with Crippen molar-refractivity contribution in [3.8, 4) is 29.1 Å². The molecule has 1 fully saturated rings. The zero-order valence-electron chi connectivity index (χ0n) is 32.4. The molecule has 1 saturated carbocycles. The molecule has 3 heterocycles. The average Bonchev–Trinajstić information content (AvgIpc) is 3.17. The Hall–Kier alpha value is -4.99. The van der Waals surface area contributed by atoms with Crippen molar-refractivity contribution in [3.63, 3.8) is 0 Å². The summed E-state index contributed by atoms with van der Waals surface area (Å²) in [7, 11) is 1.70. The number of carbonyl (C=O) groups is 3. The number of benzene rings is 3. The van der Waals surface area contributed by atoms with Gasteiger partial charge in [-0.25, -0.2) is 4.79 Å².